The summed E-state index contributed by atoms with van der Waals surface area (Å²) in [5.41, 5.74) is 9.03. The molecule has 0 radical (unpaired) electrons. The number of hydrogen-bond acceptors (Lipinski definition) is 4. The van der Waals surface area contributed by atoms with Crippen LogP contribution in [0.5, 0.6) is 11.5 Å². The van der Waals surface area contributed by atoms with Crippen LogP contribution in [0.3, 0.4) is 0 Å². The van der Waals surface area contributed by atoms with Gasteiger partial charge in [0.25, 0.3) is 5.91 Å². The minimum Gasteiger partial charge on any atom is -0.489 e. The SMILES string of the molecule is NC(=O)c1cc(-c2cc(OCc3ccccc3)cc(OCc3ccccc3)c2)n[nH]1. The highest BCUT2D eigenvalue weighted by Crippen LogP contribution is 2.30. The lowest BCUT2D eigenvalue weighted by atomic mass is 10.1. The first-order valence-electron chi connectivity index (χ1n) is 9.51. The van der Waals surface area contributed by atoms with E-state index in [1.54, 1.807) is 6.07 Å². The van der Waals surface area contributed by atoms with E-state index in [1.165, 1.54) is 0 Å². The summed E-state index contributed by atoms with van der Waals surface area (Å²) < 4.78 is 12.0. The molecule has 6 heteroatoms. The fourth-order valence-corrected chi connectivity index (χ4v) is 2.96. The molecule has 0 aliphatic heterocycles. The van der Waals surface area contributed by atoms with Gasteiger partial charge >= 0.3 is 0 Å². The van der Waals surface area contributed by atoms with Crippen molar-refractivity contribution in [3.63, 3.8) is 0 Å². The maximum atomic E-state index is 11.4. The Hall–Kier alpha value is -4.06. The van der Waals surface area contributed by atoms with E-state index >= 15 is 0 Å². The third-order valence-corrected chi connectivity index (χ3v) is 4.52. The Morgan fingerprint density at radius 3 is 1.80 bits per heavy atom. The number of ether oxygens (including phenoxy) is 2. The first-order valence-corrected chi connectivity index (χ1v) is 9.51. The molecule has 0 fully saturated rings. The van der Waals surface area contributed by atoms with Crippen LogP contribution in [0, 0.1) is 0 Å². The molecule has 1 aromatic heterocycles. The third-order valence-electron chi connectivity index (χ3n) is 4.52. The Kier molecular flexibility index (Phi) is 5.75. The topological polar surface area (TPSA) is 90.2 Å². The number of aromatic amines is 1. The molecule has 0 aliphatic rings. The van der Waals surface area contributed by atoms with Gasteiger partial charge in [-0.1, -0.05) is 60.7 Å². The number of benzene rings is 3. The molecule has 0 aliphatic carbocycles. The highest BCUT2D eigenvalue weighted by atomic mass is 16.5. The summed E-state index contributed by atoms with van der Waals surface area (Å²) in [5, 5.41) is 6.84. The van der Waals surface area contributed by atoms with Crippen molar-refractivity contribution in [1.82, 2.24) is 10.2 Å². The van der Waals surface area contributed by atoms with Crippen LogP contribution in [0.15, 0.2) is 84.9 Å². The Morgan fingerprint density at radius 1 is 0.800 bits per heavy atom. The second kappa shape index (κ2) is 8.96. The van der Waals surface area contributed by atoms with Gasteiger partial charge in [0, 0.05) is 11.6 Å². The van der Waals surface area contributed by atoms with Crippen molar-refractivity contribution in [2.45, 2.75) is 13.2 Å². The largest absolute Gasteiger partial charge is 0.489 e. The van der Waals surface area contributed by atoms with Crippen LogP contribution in [0.1, 0.15) is 21.6 Å². The van der Waals surface area contributed by atoms with Gasteiger partial charge in [0.15, 0.2) is 0 Å². The van der Waals surface area contributed by atoms with Crippen molar-refractivity contribution in [2.75, 3.05) is 0 Å². The van der Waals surface area contributed by atoms with E-state index in [0.29, 0.717) is 30.4 Å². The minimum absolute atomic E-state index is 0.243. The number of amides is 1. The van der Waals surface area contributed by atoms with Crippen molar-refractivity contribution in [3.05, 3.63) is 102 Å². The smallest absolute Gasteiger partial charge is 0.266 e. The molecule has 0 spiro atoms. The quantitative estimate of drug-likeness (QED) is 0.461. The zero-order valence-electron chi connectivity index (χ0n) is 16.2. The van der Waals surface area contributed by atoms with Gasteiger partial charge < -0.3 is 15.2 Å². The van der Waals surface area contributed by atoms with Crippen molar-refractivity contribution >= 4 is 5.91 Å². The molecule has 0 bridgehead atoms. The molecule has 0 saturated carbocycles. The Morgan fingerprint density at radius 2 is 1.33 bits per heavy atom. The average molecular weight is 399 g/mol. The molecule has 150 valence electrons. The van der Waals surface area contributed by atoms with Crippen LogP contribution >= 0.6 is 0 Å². The van der Waals surface area contributed by atoms with Crippen LogP contribution in [-0.4, -0.2) is 16.1 Å². The highest BCUT2D eigenvalue weighted by molar-refractivity contribution is 5.91. The summed E-state index contributed by atoms with van der Waals surface area (Å²) in [7, 11) is 0. The van der Waals surface area contributed by atoms with Gasteiger partial charge in [0.1, 0.15) is 30.4 Å². The lowest BCUT2D eigenvalue weighted by molar-refractivity contribution is 0.0995. The molecule has 3 N–H and O–H groups in total. The van der Waals surface area contributed by atoms with Crippen molar-refractivity contribution in [2.24, 2.45) is 5.73 Å². The van der Waals surface area contributed by atoms with Gasteiger partial charge in [-0.25, -0.2) is 0 Å². The maximum Gasteiger partial charge on any atom is 0.266 e. The fraction of sp³-hybridized carbons (Fsp3) is 0.0833. The summed E-state index contributed by atoms with van der Waals surface area (Å²) in [6.07, 6.45) is 0. The fourth-order valence-electron chi connectivity index (χ4n) is 2.96. The zero-order valence-corrected chi connectivity index (χ0v) is 16.2. The molecule has 4 rings (SSSR count). The molecule has 1 amide bonds. The van der Waals surface area contributed by atoms with Gasteiger partial charge in [0.05, 0.1) is 5.69 Å². The first-order chi connectivity index (χ1) is 14.7. The summed E-state index contributed by atoms with van der Waals surface area (Å²) in [5.74, 6) is 0.719. The molecule has 3 aromatic carbocycles. The van der Waals surface area contributed by atoms with Crippen LogP contribution < -0.4 is 15.2 Å². The van der Waals surface area contributed by atoms with Crippen LogP contribution in [0.4, 0.5) is 0 Å². The van der Waals surface area contributed by atoms with Gasteiger partial charge in [-0.2, -0.15) is 5.10 Å². The van der Waals surface area contributed by atoms with Gasteiger partial charge in [-0.05, 0) is 29.3 Å². The molecule has 0 unspecified atom stereocenters. The number of nitrogens with zero attached hydrogens (tertiary/aromatic N) is 1. The van der Waals surface area contributed by atoms with E-state index in [4.69, 9.17) is 15.2 Å². The number of rotatable bonds is 8. The molecule has 0 atom stereocenters. The van der Waals surface area contributed by atoms with E-state index in [9.17, 15) is 4.79 Å². The summed E-state index contributed by atoms with van der Waals surface area (Å²) in [6, 6.07) is 27.0. The Labute approximate surface area is 174 Å². The minimum atomic E-state index is -0.564. The number of carbonyl (C=O) groups is 1. The van der Waals surface area contributed by atoms with Crippen LogP contribution in [-0.2, 0) is 13.2 Å². The normalized spacial score (nSPS) is 10.5. The molecule has 0 saturated heterocycles. The van der Waals surface area contributed by atoms with E-state index < -0.39 is 5.91 Å². The molecular formula is C24H21N3O3. The van der Waals surface area contributed by atoms with Crippen molar-refractivity contribution in [1.29, 1.82) is 0 Å². The van der Waals surface area contributed by atoms with E-state index in [2.05, 4.69) is 10.2 Å². The highest BCUT2D eigenvalue weighted by Gasteiger charge is 2.11. The van der Waals surface area contributed by atoms with Crippen molar-refractivity contribution in [3.8, 4) is 22.8 Å². The number of aromatic nitrogens is 2. The van der Waals surface area contributed by atoms with Gasteiger partial charge in [-0.15, -0.1) is 0 Å². The predicted octanol–water partition coefficient (Wildman–Crippen LogP) is 4.33. The number of nitrogens with one attached hydrogen (secondary N) is 1. The van der Waals surface area contributed by atoms with Crippen LogP contribution in [0.2, 0.25) is 0 Å². The third kappa shape index (κ3) is 4.86. The predicted molar refractivity (Wildman–Crippen MR) is 114 cm³/mol. The number of nitrogens with two attached hydrogens (primary N) is 1. The van der Waals surface area contributed by atoms with Crippen LogP contribution in [0.25, 0.3) is 11.3 Å². The second-order valence-electron chi connectivity index (χ2n) is 6.77. The van der Waals surface area contributed by atoms with Gasteiger partial charge in [-0.3, -0.25) is 9.89 Å². The summed E-state index contributed by atoms with van der Waals surface area (Å²) in [4.78, 5) is 11.4. The van der Waals surface area contributed by atoms with E-state index in [1.807, 2.05) is 78.9 Å². The molecule has 6 nitrogen and oxygen atoms in total. The summed E-state index contributed by atoms with van der Waals surface area (Å²) in [6.45, 7) is 0.852. The standard InChI is InChI=1S/C24H21N3O3/c25-24(28)23-14-22(26-27-23)19-11-20(29-15-17-7-3-1-4-8-17)13-21(12-19)30-16-18-9-5-2-6-10-18/h1-14H,15-16H2,(H2,25,28)(H,26,27). The monoisotopic (exact) mass is 399 g/mol. The maximum absolute atomic E-state index is 11.4. The average Bonchev–Trinajstić information content (AvgIpc) is 3.29. The first kappa shape index (κ1) is 19.3. The zero-order chi connectivity index (χ0) is 20.8. The van der Waals surface area contributed by atoms with Gasteiger partial charge in [0.2, 0.25) is 0 Å². The lowest BCUT2D eigenvalue weighted by Crippen LogP contribution is -2.10. The molecule has 1 heterocycles. The number of primary amides is 1. The number of hydrogen-bond donors (Lipinski definition) is 2. The Bertz CT molecular complexity index is 1060. The molecule has 4 aromatic rings. The van der Waals surface area contributed by atoms with E-state index in [0.717, 1.165) is 16.7 Å². The molecular weight excluding hydrogens is 378 g/mol. The van der Waals surface area contributed by atoms with Crippen molar-refractivity contribution < 1.29 is 14.3 Å². The molecule has 30 heavy (non-hydrogen) atoms. The Balaban J connectivity index is 1.59. The number of H-pyrrole nitrogens is 1. The van der Waals surface area contributed by atoms with E-state index in [-0.39, 0.29) is 5.69 Å². The number of carbonyl (C=O) groups excluding carboxylic acids is 1. The lowest BCUT2D eigenvalue weighted by Gasteiger charge is -2.12. The summed E-state index contributed by atoms with van der Waals surface area (Å²) >= 11 is 0. The second-order valence-corrected chi connectivity index (χ2v) is 6.77.